The summed E-state index contributed by atoms with van der Waals surface area (Å²) in [6, 6.07) is 5.57. The number of nitrogens with zero attached hydrogens (tertiary/aromatic N) is 2. The zero-order valence-electron chi connectivity index (χ0n) is 14.0. The second-order valence-electron chi connectivity index (χ2n) is 6.31. The molecule has 1 aromatic carbocycles. The smallest absolute Gasteiger partial charge is 0.257 e. The molecule has 26 heavy (non-hydrogen) atoms. The lowest BCUT2D eigenvalue weighted by Gasteiger charge is -2.06. The Labute approximate surface area is 153 Å². The lowest BCUT2D eigenvalue weighted by molar-refractivity contribution is -0.127. The Morgan fingerprint density at radius 1 is 1.35 bits per heavy atom. The molecule has 2 heterocycles. The molecule has 3 aromatic rings. The zero-order valence-corrected chi connectivity index (χ0v) is 14.7. The highest BCUT2D eigenvalue weighted by Gasteiger charge is 2.50. The molecule has 1 saturated carbocycles. The predicted octanol–water partition coefficient (Wildman–Crippen LogP) is 3.41. The van der Waals surface area contributed by atoms with E-state index >= 15 is 0 Å². The molecule has 1 fully saturated rings. The largest absolute Gasteiger partial charge is 0.480 e. The van der Waals surface area contributed by atoms with Gasteiger partial charge in [0, 0.05) is 22.2 Å². The van der Waals surface area contributed by atoms with Crippen LogP contribution in [0.2, 0.25) is 5.02 Å². The van der Waals surface area contributed by atoms with E-state index in [1.54, 1.807) is 6.20 Å². The van der Waals surface area contributed by atoms with Gasteiger partial charge < -0.3 is 15.0 Å². The number of ether oxygens (including phenoxy) is 1. The fraction of sp³-hybridized carbons (Fsp3) is 0.278. The topological polar surface area (TPSA) is 79.9 Å². The van der Waals surface area contributed by atoms with Crippen molar-refractivity contribution in [2.75, 3.05) is 7.11 Å². The second kappa shape index (κ2) is 6.25. The number of hydrogen-bond donors (Lipinski definition) is 2. The number of carbonyl (C=O) groups excluding carboxylic acids is 1. The Morgan fingerprint density at radius 2 is 2.15 bits per heavy atom. The summed E-state index contributed by atoms with van der Waals surface area (Å²) in [4.78, 5) is 23.4. The summed E-state index contributed by atoms with van der Waals surface area (Å²) < 4.78 is 18.7. The number of halogens is 2. The van der Waals surface area contributed by atoms with Crippen molar-refractivity contribution >= 4 is 28.4 Å². The number of aromatic nitrogens is 3. The molecule has 4 rings (SSSR count). The molecule has 8 heteroatoms. The number of methoxy groups -OCH3 is 1. The molecular formula is C18H16ClFN4O2. The molecule has 0 atom stereocenters. The average Bonchev–Trinajstić information content (AvgIpc) is 3.28. The van der Waals surface area contributed by atoms with Crippen LogP contribution in [0, 0.1) is 0 Å². The van der Waals surface area contributed by atoms with Gasteiger partial charge in [0.15, 0.2) is 5.67 Å². The molecule has 0 saturated heterocycles. The number of aromatic amines is 1. The second-order valence-corrected chi connectivity index (χ2v) is 6.71. The van der Waals surface area contributed by atoms with Gasteiger partial charge in [-0.25, -0.2) is 14.4 Å². The lowest BCUT2D eigenvalue weighted by atomic mass is 10.1. The van der Waals surface area contributed by atoms with Crippen LogP contribution in [-0.2, 0) is 11.3 Å². The Hall–Kier alpha value is -2.67. The van der Waals surface area contributed by atoms with Crippen LogP contribution in [0.5, 0.6) is 5.88 Å². The molecule has 6 nitrogen and oxygen atoms in total. The molecule has 0 unspecified atom stereocenters. The third-order valence-corrected chi connectivity index (χ3v) is 4.73. The summed E-state index contributed by atoms with van der Waals surface area (Å²) in [5.74, 6) is -0.131. The first-order valence-corrected chi connectivity index (χ1v) is 8.51. The first kappa shape index (κ1) is 16.8. The highest BCUT2D eigenvalue weighted by molar-refractivity contribution is 6.34. The normalized spacial score (nSPS) is 15.0. The first-order valence-electron chi connectivity index (χ1n) is 8.13. The molecule has 2 aromatic heterocycles. The maximum atomic E-state index is 13.7. The standard InChI is InChI=1S/C18H16ClFN4O2/c1-26-16-9-21-15(8-22-16)12-6-14-10(5-13(12)19)4-11(24-14)7-23-17(25)18(20)2-3-18/h4-6,8-9,24H,2-3,7H2,1H3,(H,23,25). The van der Waals surface area contributed by atoms with Gasteiger partial charge in [-0.05, 0) is 31.0 Å². The minimum Gasteiger partial charge on any atom is -0.480 e. The van der Waals surface area contributed by atoms with Crippen molar-refractivity contribution in [2.45, 2.75) is 25.1 Å². The van der Waals surface area contributed by atoms with Gasteiger partial charge in [-0.3, -0.25) is 4.79 Å². The van der Waals surface area contributed by atoms with E-state index in [1.165, 1.54) is 13.3 Å². The summed E-state index contributed by atoms with van der Waals surface area (Å²) in [6.45, 7) is 0.231. The fourth-order valence-electron chi connectivity index (χ4n) is 2.74. The summed E-state index contributed by atoms with van der Waals surface area (Å²) in [6.07, 6.45) is 3.71. The molecule has 2 N–H and O–H groups in total. The van der Waals surface area contributed by atoms with Gasteiger partial charge in [-0.1, -0.05) is 11.6 Å². The Kier molecular flexibility index (Phi) is 4.03. The van der Waals surface area contributed by atoms with Gasteiger partial charge >= 0.3 is 0 Å². The highest BCUT2D eigenvalue weighted by Crippen LogP contribution is 2.39. The van der Waals surface area contributed by atoms with Crippen LogP contribution >= 0.6 is 11.6 Å². The molecular weight excluding hydrogens is 359 g/mol. The summed E-state index contributed by atoms with van der Waals surface area (Å²) in [5.41, 5.74) is 1.29. The van der Waals surface area contributed by atoms with Crippen molar-refractivity contribution in [3.8, 4) is 17.1 Å². The Balaban J connectivity index is 1.58. The van der Waals surface area contributed by atoms with Crippen LogP contribution in [0.1, 0.15) is 18.5 Å². The van der Waals surface area contributed by atoms with E-state index < -0.39 is 11.6 Å². The molecule has 0 bridgehead atoms. The van der Waals surface area contributed by atoms with Crippen LogP contribution < -0.4 is 10.1 Å². The van der Waals surface area contributed by atoms with Crippen LogP contribution in [0.3, 0.4) is 0 Å². The fourth-order valence-corrected chi connectivity index (χ4v) is 3.00. The van der Waals surface area contributed by atoms with Gasteiger partial charge in [0.2, 0.25) is 5.88 Å². The molecule has 0 aliphatic heterocycles. The Morgan fingerprint density at radius 3 is 2.81 bits per heavy atom. The molecule has 1 amide bonds. The van der Waals surface area contributed by atoms with Crippen LogP contribution in [0.25, 0.3) is 22.2 Å². The quantitative estimate of drug-likeness (QED) is 0.717. The highest BCUT2D eigenvalue weighted by atomic mass is 35.5. The van der Waals surface area contributed by atoms with Crippen LogP contribution in [0.15, 0.2) is 30.6 Å². The van der Waals surface area contributed by atoms with E-state index in [9.17, 15) is 9.18 Å². The van der Waals surface area contributed by atoms with Crippen LogP contribution in [0.4, 0.5) is 4.39 Å². The van der Waals surface area contributed by atoms with E-state index in [4.69, 9.17) is 16.3 Å². The minimum atomic E-state index is -1.67. The number of benzene rings is 1. The molecule has 134 valence electrons. The molecule has 1 aliphatic rings. The van der Waals surface area contributed by atoms with E-state index in [1.807, 2.05) is 18.2 Å². The van der Waals surface area contributed by atoms with Crippen molar-refractivity contribution in [1.29, 1.82) is 0 Å². The van der Waals surface area contributed by atoms with E-state index in [-0.39, 0.29) is 6.54 Å². The first-order chi connectivity index (χ1) is 12.5. The number of H-pyrrole nitrogens is 1. The SMILES string of the molecule is COc1cnc(-c2cc3[nH]c(CNC(=O)C4(F)CC4)cc3cc2Cl)cn1. The van der Waals surface area contributed by atoms with E-state index in [0.717, 1.165) is 22.2 Å². The molecule has 0 radical (unpaired) electrons. The maximum Gasteiger partial charge on any atom is 0.257 e. The number of carbonyl (C=O) groups is 1. The number of fused-ring (bicyclic) bond motifs is 1. The summed E-state index contributed by atoms with van der Waals surface area (Å²) >= 11 is 6.38. The third kappa shape index (κ3) is 3.10. The summed E-state index contributed by atoms with van der Waals surface area (Å²) in [5, 5.41) is 4.05. The van der Waals surface area contributed by atoms with Crippen molar-refractivity contribution in [1.82, 2.24) is 20.3 Å². The monoisotopic (exact) mass is 374 g/mol. The van der Waals surface area contributed by atoms with E-state index in [2.05, 4.69) is 20.3 Å². The maximum absolute atomic E-state index is 13.7. The number of nitrogens with one attached hydrogen (secondary N) is 2. The van der Waals surface area contributed by atoms with Crippen molar-refractivity contribution in [3.05, 3.63) is 41.3 Å². The van der Waals surface area contributed by atoms with Gasteiger partial charge in [0.25, 0.3) is 5.91 Å². The van der Waals surface area contributed by atoms with Crippen LogP contribution in [-0.4, -0.2) is 33.6 Å². The zero-order chi connectivity index (χ0) is 18.3. The lowest BCUT2D eigenvalue weighted by Crippen LogP contribution is -2.32. The number of amides is 1. The van der Waals surface area contributed by atoms with Gasteiger partial charge in [0.1, 0.15) is 0 Å². The number of alkyl halides is 1. The van der Waals surface area contributed by atoms with E-state index in [0.29, 0.717) is 29.4 Å². The molecule has 1 aliphatic carbocycles. The van der Waals surface area contributed by atoms with Gasteiger partial charge in [0.05, 0.1) is 36.8 Å². The summed E-state index contributed by atoms with van der Waals surface area (Å²) in [7, 11) is 1.52. The Bertz CT molecular complexity index is 983. The number of rotatable bonds is 5. The number of hydrogen-bond acceptors (Lipinski definition) is 4. The van der Waals surface area contributed by atoms with Crippen molar-refractivity contribution < 1.29 is 13.9 Å². The van der Waals surface area contributed by atoms with Gasteiger partial charge in [-0.2, -0.15) is 0 Å². The average molecular weight is 375 g/mol. The minimum absolute atomic E-state index is 0.231. The third-order valence-electron chi connectivity index (χ3n) is 4.41. The predicted molar refractivity (Wildman–Crippen MR) is 95.8 cm³/mol. The van der Waals surface area contributed by atoms with Crippen molar-refractivity contribution in [2.24, 2.45) is 0 Å². The van der Waals surface area contributed by atoms with Gasteiger partial charge in [-0.15, -0.1) is 0 Å². The van der Waals surface area contributed by atoms with Crippen molar-refractivity contribution in [3.63, 3.8) is 0 Å². The molecule has 0 spiro atoms.